The molecule has 1 saturated heterocycles. The largest absolute Gasteiger partial charge is 0.376 e. The van der Waals surface area contributed by atoms with Crippen molar-refractivity contribution < 1.29 is 18.6 Å². The fourth-order valence-electron chi connectivity index (χ4n) is 1.80. The van der Waals surface area contributed by atoms with E-state index < -0.39 is 18.4 Å². The Hall–Kier alpha value is -0.190. The maximum Gasteiger partial charge on any atom is 0.154 e. The van der Waals surface area contributed by atoms with Gasteiger partial charge in [-0.15, -0.1) is 0 Å². The minimum atomic E-state index is -1.12. The Kier molecular flexibility index (Phi) is 3.64. The van der Waals surface area contributed by atoms with Crippen molar-refractivity contribution in [2.24, 2.45) is 0 Å². The summed E-state index contributed by atoms with van der Waals surface area (Å²) in [6.07, 6.45) is -2.52. The van der Waals surface area contributed by atoms with Crippen LogP contribution in [0.25, 0.3) is 0 Å². The van der Waals surface area contributed by atoms with Crippen molar-refractivity contribution in [3.8, 4) is 0 Å². The number of rotatable bonds is 2. The summed E-state index contributed by atoms with van der Waals surface area (Å²) in [5.74, 6) is 0. The molecule has 1 rings (SSSR count). The van der Waals surface area contributed by atoms with E-state index in [1.807, 2.05) is 6.92 Å². The lowest BCUT2D eigenvalue weighted by molar-refractivity contribution is -0.209. The first-order valence-electron chi connectivity index (χ1n) is 4.47. The maximum absolute atomic E-state index is 13.5. The molecule has 0 aliphatic carbocycles. The van der Waals surface area contributed by atoms with Crippen molar-refractivity contribution in [1.82, 2.24) is 0 Å². The maximum atomic E-state index is 13.5. The molecule has 1 aliphatic heterocycles. The van der Waals surface area contributed by atoms with Gasteiger partial charge in [0.15, 0.2) is 6.17 Å². The fraction of sp³-hybridized carbons (Fsp3) is 1.00. The second-order valence-electron chi connectivity index (χ2n) is 3.39. The van der Waals surface area contributed by atoms with Gasteiger partial charge < -0.3 is 14.2 Å². The number of ether oxygens (including phenoxy) is 3. The van der Waals surface area contributed by atoms with Crippen LogP contribution >= 0.6 is 0 Å². The summed E-state index contributed by atoms with van der Waals surface area (Å²) in [5, 5.41) is 0. The van der Waals surface area contributed by atoms with Crippen LogP contribution in [0.15, 0.2) is 0 Å². The number of hydrogen-bond donors (Lipinski definition) is 0. The molecule has 78 valence electrons. The summed E-state index contributed by atoms with van der Waals surface area (Å²) in [7, 11) is 3.04. The van der Waals surface area contributed by atoms with Crippen LogP contribution in [-0.4, -0.2) is 44.8 Å². The highest BCUT2D eigenvalue weighted by molar-refractivity contribution is 4.90. The zero-order valence-electron chi connectivity index (χ0n) is 8.49. The molecule has 0 saturated carbocycles. The summed E-state index contributed by atoms with van der Waals surface area (Å²) in [5.41, 5.74) is 0. The van der Waals surface area contributed by atoms with E-state index in [4.69, 9.17) is 14.2 Å². The van der Waals surface area contributed by atoms with Crippen molar-refractivity contribution in [2.45, 2.75) is 44.4 Å². The Labute approximate surface area is 78.2 Å². The van der Waals surface area contributed by atoms with Crippen molar-refractivity contribution in [1.29, 1.82) is 0 Å². The molecule has 0 N–H and O–H groups in total. The lowest BCUT2D eigenvalue weighted by atomic mass is 9.97. The zero-order valence-corrected chi connectivity index (χ0v) is 8.49. The number of halogens is 1. The van der Waals surface area contributed by atoms with Crippen LogP contribution in [0, 0.1) is 0 Å². The van der Waals surface area contributed by atoms with Gasteiger partial charge in [0.05, 0.1) is 12.2 Å². The summed E-state index contributed by atoms with van der Waals surface area (Å²) in [4.78, 5) is 0. The van der Waals surface area contributed by atoms with E-state index in [0.29, 0.717) is 0 Å². The van der Waals surface area contributed by atoms with Crippen LogP contribution in [0.3, 0.4) is 0 Å². The van der Waals surface area contributed by atoms with E-state index in [2.05, 4.69) is 0 Å². The average Bonchev–Trinajstić information content (AvgIpc) is 2.10. The third-order valence-corrected chi connectivity index (χ3v) is 2.52. The van der Waals surface area contributed by atoms with E-state index in [1.54, 1.807) is 14.0 Å². The molecule has 0 bridgehead atoms. The van der Waals surface area contributed by atoms with E-state index in [0.717, 1.165) is 0 Å². The minimum absolute atomic E-state index is 0.128. The van der Waals surface area contributed by atoms with Gasteiger partial charge in [-0.1, -0.05) is 0 Å². The van der Waals surface area contributed by atoms with Crippen molar-refractivity contribution >= 4 is 0 Å². The van der Waals surface area contributed by atoms with Gasteiger partial charge in [-0.05, 0) is 13.8 Å². The highest BCUT2D eigenvalue weighted by Crippen LogP contribution is 2.26. The van der Waals surface area contributed by atoms with Gasteiger partial charge in [0, 0.05) is 14.2 Å². The lowest BCUT2D eigenvalue weighted by Gasteiger charge is -2.40. The fourth-order valence-corrected chi connectivity index (χ4v) is 1.80. The first-order valence-corrected chi connectivity index (χ1v) is 4.47. The molecule has 0 aromatic heterocycles. The molecule has 3 nitrogen and oxygen atoms in total. The molecule has 13 heavy (non-hydrogen) atoms. The molecule has 0 radical (unpaired) electrons. The predicted octanol–water partition coefficient (Wildman–Crippen LogP) is 1.16. The van der Waals surface area contributed by atoms with Gasteiger partial charge in [-0.3, -0.25) is 0 Å². The Morgan fingerprint density at radius 1 is 1.00 bits per heavy atom. The standard InChI is InChI=1S/C9H17FO3/c1-5-7(10)9(12-4)8(11-3)6(2)13-5/h5-9H,1-4H3/t5-,6?,7?,8+,9?/m0/s1. The van der Waals surface area contributed by atoms with Gasteiger partial charge in [-0.2, -0.15) is 0 Å². The predicted molar refractivity (Wildman–Crippen MR) is 46.5 cm³/mol. The molecule has 0 amide bonds. The van der Waals surface area contributed by atoms with Crippen LogP contribution in [0.2, 0.25) is 0 Å². The summed E-state index contributed by atoms with van der Waals surface area (Å²) in [6.45, 7) is 3.57. The number of methoxy groups -OCH3 is 2. The quantitative estimate of drug-likeness (QED) is 0.657. The molecule has 5 atom stereocenters. The van der Waals surface area contributed by atoms with Crippen LogP contribution in [0.4, 0.5) is 4.39 Å². The molecule has 0 spiro atoms. The second kappa shape index (κ2) is 4.35. The van der Waals surface area contributed by atoms with E-state index in [9.17, 15) is 4.39 Å². The Morgan fingerprint density at radius 3 is 2.00 bits per heavy atom. The monoisotopic (exact) mass is 192 g/mol. The first-order chi connectivity index (χ1) is 6.11. The smallest absolute Gasteiger partial charge is 0.154 e. The van der Waals surface area contributed by atoms with E-state index in [1.165, 1.54) is 7.11 Å². The van der Waals surface area contributed by atoms with Gasteiger partial charge in [0.25, 0.3) is 0 Å². The van der Waals surface area contributed by atoms with Crippen LogP contribution < -0.4 is 0 Å². The van der Waals surface area contributed by atoms with Gasteiger partial charge >= 0.3 is 0 Å². The van der Waals surface area contributed by atoms with E-state index >= 15 is 0 Å². The van der Waals surface area contributed by atoms with Crippen LogP contribution in [0.5, 0.6) is 0 Å². The molecule has 1 fully saturated rings. The molecule has 0 aromatic carbocycles. The highest BCUT2D eigenvalue weighted by Gasteiger charge is 2.43. The normalized spacial score (nSPS) is 46.4. The van der Waals surface area contributed by atoms with E-state index in [-0.39, 0.29) is 12.2 Å². The summed E-state index contributed by atoms with van der Waals surface area (Å²) < 4.78 is 29.1. The second-order valence-corrected chi connectivity index (χ2v) is 3.39. The molecule has 1 aliphatic rings. The third kappa shape index (κ3) is 2.00. The molecule has 1 heterocycles. The highest BCUT2D eigenvalue weighted by atomic mass is 19.1. The molecule has 0 aromatic rings. The van der Waals surface area contributed by atoms with Crippen LogP contribution in [-0.2, 0) is 14.2 Å². The van der Waals surface area contributed by atoms with Crippen LogP contribution in [0.1, 0.15) is 13.8 Å². The number of alkyl halides is 1. The van der Waals surface area contributed by atoms with Gasteiger partial charge in [0.1, 0.15) is 12.2 Å². The van der Waals surface area contributed by atoms with Crippen molar-refractivity contribution in [3.05, 3.63) is 0 Å². The zero-order chi connectivity index (χ0) is 10.0. The topological polar surface area (TPSA) is 27.7 Å². The van der Waals surface area contributed by atoms with Crippen molar-refractivity contribution in [2.75, 3.05) is 14.2 Å². The molecule has 4 heteroatoms. The minimum Gasteiger partial charge on any atom is -0.376 e. The Balaban J connectivity index is 2.71. The SMILES string of the molecule is COC1C(F)[C@H](C)OC(C)[C@H]1OC. The van der Waals surface area contributed by atoms with Crippen molar-refractivity contribution in [3.63, 3.8) is 0 Å². The first kappa shape index (κ1) is 10.9. The number of hydrogen-bond acceptors (Lipinski definition) is 3. The van der Waals surface area contributed by atoms with Gasteiger partial charge in [0.2, 0.25) is 0 Å². The molecular weight excluding hydrogens is 175 g/mol. The summed E-state index contributed by atoms with van der Waals surface area (Å²) >= 11 is 0. The molecular formula is C9H17FO3. The summed E-state index contributed by atoms with van der Waals surface area (Å²) in [6, 6.07) is 0. The third-order valence-electron chi connectivity index (χ3n) is 2.52. The molecule has 3 unspecified atom stereocenters. The Morgan fingerprint density at radius 2 is 1.54 bits per heavy atom. The van der Waals surface area contributed by atoms with Gasteiger partial charge in [-0.25, -0.2) is 4.39 Å². The average molecular weight is 192 g/mol. The Bertz CT molecular complexity index is 165. The lowest BCUT2D eigenvalue weighted by Crippen LogP contribution is -2.55.